The molecule has 0 fully saturated rings. The van der Waals surface area contributed by atoms with Gasteiger partial charge in [-0.05, 0) is 31.7 Å². The largest absolute Gasteiger partial charge is 0.497 e. The molecule has 0 amide bonds. The van der Waals surface area contributed by atoms with Gasteiger partial charge in [-0.1, -0.05) is 18.2 Å². The van der Waals surface area contributed by atoms with Gasteiger partial charge in [0.1, 0.15) is 17.3 Å². The van der Waals surface area contributed by atoms with Gasteiger partial charge >= 0.3 is 0 Å². The molecular weight excluding hydrogens is 269 g/mol. The number of rotatable bonds is 5. The van der Waals surface area contributed by atoms with E-state index in [1.54, 1.807) is 26.3 Å². The lowest BCUT2D eigenvalue weighted by molar-refractivity contribution is 0.402. The van der Waals surface area contributed by atoms with E-state index < -0.39 is 0 Å². The summed E-state index contributed by atoms with van der Waals surface area (Å²) in [6.45, 7) is 1.99. The van der Waals surface area contributed by atoms with Crippen molar-refractivity contribution in [3.63, 3.8) is 0 Å². The number of ether oxygens (including phenoxy) is 2. The Labute approximate surface area is 124 Å². The van der Waals surface area contributed by atoms with Crippen LogP contribution in [0, 0.1) is 12.7 Å². The van der Waals surface area contributed by atoms with E-state index in [2.05, 4.69) is 5.32 Å². The molecule has 0 bridgehead atoms. The molecule has 1 N–H and O–H groups in total. The Bertz CT molecular complexity index is 628. The molecule has 2 aromatic carbocycles. The average molecular weight is 289 g/mol. The lowest BCUT2D eigenvalue weighted by Gasteiger charge is -2.21. The first-order valence-corrected chi connectivity index (χ1v) is 6.76. The molecule has 2 aromatic rings. The Kier molecular flexibility index (Phi) is 4.81. The monoisotopic (exact) mass is 289 g/mol. The summed E-state index contributed by atoms with van der Waals surface area (Å²) in [7, 11) is 4.94. The molecule has 0 aliphatic carbocycles. The summed E-state index contributed by atoms with van der Waals surface area (Å²) < 4.78 is 24.8. The molecule has 0 aliphatic rings. The van der Waals surface area contributed by atoms with E-state index in [-0.39, 0.29) is 11.9 Å². The molecule has 0 saturated heterocycles. The normalized spacial score (nSPS) is 12.0. The van der Waals surface area contributed by atoms with Gasteiger partial charge in [0.25, 0.3) is 0 Å². The number of hydrogen-bond acceptors (Lipinski definition) is 3. The van der Waals surface area contributed by atoms with Crippen LogP contribution in [-0.4, -0.2) is 21.3 Å². The van der Waals surface area contributed by atoms with E-state index >= 15 is 0 Å². The van der Waals surface area contributed by atoms with Crippen molar-refractivity contribution in [1.29, 1.82) is 0 Å². The molecular formula is C17H20FNO2. The Morgan fingerprint density at radius 3 is 2.29 bits per heavy atom. The fourth-order valence-electron chi connectivity index (χ4n) is 2.40. The van der Waals surface area contributed by atoms with Crippen molar-refractivity contribution in [3.05, 3.63) is 58.9 Å². The van der Waals surface area contributed by atoms with Crippen molar-refractivity contribution in [2.75, 3.05) is 21.3 Å². The smallest absolute Gasteiger partial charge is 0.132 e. The minimum atomic E-state index is -0.309. The molecule has 0 aliphatic heterocycles. The number of methoxy groups -OCH3 is 2. The van der Waals surface area contributed by atoms with Crippen LogP contribution in [0.15, 0.2) is 36.4 Å². The highest BCUT2D eigenvalue weighted by Crippen LogP contribution is 2.32. The van der Waals surface area contributed by atoms with Crippen LogP contribution in [0.1, 0.15) is 22.7 Å². The zero-order chi connectivity index (χ0) is 15.4. The first-order valence-electron chi connectivity index (χ1n) is 6.76. The second-order valence-corrected chi connectivity index (χ2v) is 4.85. The maximum Gasteiger partial charge on any atom is 0.132 e. The molecule has 0 heterocycles. The Balaban J connectivity index is 2.49. The van der Waals surface area contributed by atoms with Crippen LogP contribution in [-0.2, 0) is 0 Å². The lowest BCUT2D eigenvalue weighted by Crippen LogP contribution is -2.19. The van der Waals surface area contributed by atoms with Crippen molar-refractivity contribution < 1.29 is 13.9 Å². The minimum Gasteiger partial charge on any atom is -0.497 e. The maximum absolute atomic E-state index is 14.3. The van der Waals surface area contributed by atoms with Gasteiger partial charge in [0, 0.05) is 17.2 Å². The van der Waals surface area contributed by atoms with Crippen molar-refractivity contribution in [2.24, 2.45) is 0 Å². The van der Waals surface area contributed by atoms with Gasteiger partial charge in [-0.2, -0.15) is 0 Å². The average Bonchev–Trinajstić information content (AvgIpc) is 2.50. The zero-order valence-electron chi connectivity index (χ0n) is 12.7. The summed E-state index contributed by atoms with van der Waals surface area (Å²) in [6, 6.07) is 10.5. The highest BCUT2D eigenvalue weighted by atomic mass is 19.1. The highest BCUT2D eigenvalue weighted by molar-refractivity contribution is 5.45. The van der Waals surface area contributed by atoms with Gasteiger partial charge < -0.3 is 14.8 Å². The molecule has 112 valence electrons. The summed E-state index contributed by atoms with van der Waals surface area (Å²) in [5, 5.41) is 3.15. The van der Waals surface area contributed by atoms with Crippen LogP contribution in [0.2, 0.25) is 0 Å². The SMILES string of the molecule is CNC(c1ccc(OC)cc1F)c1ccc(C)cc1OC. The van der Waals surface area contributed by atoms with Gasteiger partial charge in [0.2, 0.25) is 0 Å². The molecule has 21 heavy (non-hydrogen) atoms. The molecule has 3 nitrogen and oxygen atoms in total. The maximum atomic E-state index is 14.3. The molecule has 0 aromatic heterocycles. The fourth-order valence-corrected chi connectivity index (χ4v) is 2.40. The summed E-state index contributed by atoms with van der Waals surface area (Å²) in [5.74, 6) is 0.933. The van der Waals surface area contributed by atoms with Gasteiger partial charge in [-0.15, -0.1) is 0 Å². The Morgan fingerprint density at radius 1 is 1.00 bits per heavy atom. The van der Waals surface area contributed by atoms with Gasteiger partial charge in [0.05, 0.1) is 20.3 Å². The number of nitrogens with one attached hydrogen (secondary N) is 1. The van der Waals surface area contributed by atoms with E-state index in [9.17, 15) is 4.39 Å². The summed E-state index contributed by atoms with van der Waals surface area (Å²) in [5.41, 5.74) is 2.55. The first kappa shape index (κ1) is 15.3. The van der Waals surface area contributed by atoms with Crippen LogP contribution < -0.4 is 14.8 Å². The third-order valence-electron chi connectivity index (χ3n) is 3.51. The third-order valence-corrected chi connectivity index (χ3v) is 3.51. The number of halogens is 1. The summed E-state index contributed by atoms with van der Waals surface area (Å²) >= 11 is 0. The van der Waals surface area contributed by atoms with E-state index in [0.29, 0.717) is 11.3 Å². The second kappa shape index (κ2) is 6.59. The first-order chi connectivity index (χ1) is 10.1. The summed E-state index contributed by atoms with van der Waals surface area (Å²) in [6.07, 6.45) is 0. The van der Waals surface area contributed by atoms with Crippen LogP contribution in [0.3, 0.4) is 0 Å². The van der Waals surface area contributed by atoms with E-state index in [4.69, 9.17) is 9.47 Å². The lowest BCUT2D eigenvalue weighted by atomic mass is 9.96. The summed E-state index contributed by atoms with van der Waals surface area (Å²) in [4.78, 5) is 0. The third kappa shape index (κ3) is 3.16. The van der Waals surface area contributed by atoms with Crippen LogP contribution in [0.25, 0.3) is 0 Å². The van der Waals surface area contributed by atoms with Crippen LogP contribution >= 0.6 is 0 Å². The van der Waals surface area contributed by atoms with Gasteiger partial charge in [-0.25, -0.2) is 4.39 Å². The van der Waals surface area contributed by atoms with E-state index in [1.807, 2.05) is 25.1 Å². The topological polar surface area (TPSA) is 30.5 Å². The number of benzene rings is 2. The standard InChI is InChI=1S/C17H20FNO2/c1-11-5-7-14(16(9-11)21-4)17(19-2)13-8-6-12(20-3)10-15(13)18/h5-10,17,19H,1-4H3. The molecule has 2 rings (SSSR count). The van der Waals surface area contributed by atoms with Crippen LogP contribution in [0.4, 0.5) is 4.39 Å². The molecule has 4 heteroatoms. The molecule has 0 saturated carbocycles. The number of hydrogen-bond donors (Lipinski definition) is 1. The van der Waals surface area contributed by atoms with Crippen LogP contribution in [0.5, 0.6) is 11.5 Å². The van der Waals surface area contributed by atoms with Gasteiger partial charge in [0.15, 0.2) is 0 Å². The van der Waals surface area contributed by atoms with Crippen molar-refractivity contribution in [3.8, 4) is 11.5 Å². The molecule has 0 radical (unpaired) electrons. The van der Waals surface area contributed by atoms with E-state index in [1.165, 1.54) is 13.2 Å². The number of aryl methyl sites for hydroxylation is 1. The van der Waals surface area contributed by atoms with E-state index in [0.717, 1.165) is 16.9 Å². The second-order valence-electron chi connectivity index (χ2n) is 4.85. The highest BCUT2D eigenvalue weighted by Gasteiger charge is 2.20. The van der Waals surface area contributed by atoms with Gasteiger partial charge in [-0.3, -0.25) is 0 Å². The molecule has 1 unspecified atom stereocenters. The Hall–Kier alpha value is -2.07. The van der Waals surface area contributed by atoms with Crippen molar-refractivity contribution in [2.45, 2.75) is 13.0 Å². The quantitative estimate of drug-likeness (QED) is 0.914. The van der Waals surface area contributed by atoms with Crippen molar-refractivity contribution in [1.82, 2.24) is 5.32 Å². The Morgan fingerprint density at radius 2 is 1.71 bits per heavy atom. The predicted molar refractivity (Wildman–Crippen MR) is 81.6 cm³/mol. The zero-order valence-corrected chi connectivity index (χ0v) is 12.7. The molecule has 1 atom stereocenters. The predicted octanol–water partition coefficient (Wildman–Crippen LogP) is 3.46. The fraction of sp³-hybridized carbons (Fsp3) is 0.294. The molecule has 0 spiro atoms. The minimum absolute atomic E-state index is 0.286. The van der Waals surface area contributed by atoms with Crippen molar-refractivity contribution >= 4 is 0 Å².